The minimum absolute atomic E-state index is 0.916. The first-order chi connectivity index (χ1) is 52.7. The van der Waals surface area contributed by atoms with Crippen LogP contribution in [0.3, 0.4) is 0 Å². The molecule has 10 saturated heterocycles. The van der Waals surface area contributed by atoms with Crippen LogP contribution in [-0.2, 0) is 90.0 Å². The zero-order chi connectivity index (χ0) is 81.4. The Balaban J connectivity index is 0.813. The van der Waals surface area contributed by atoms with Crippen molar-refractivity contribution in [2.24, 2.45) is 0 Å². The fraction of sp³-hybridized carbons (Fsp3) is 1.00. The largest absolute Gasteiger partial charge is 0.394 e. The first-order valence-corrected chi connectivity index (χ1v) is 35.2. The molecule has 51 heteroatoms. The average molecular weight is 1640 g/mol. The van der Waals surface area contributed by atoms with E-state index in [4.69, 9.17) is 90.0 Å². The van der Waals surface area contributed by atoms with Gasteiger partial charge in [0.05, 0.1) is 66.1 Å². The van der Waals surface area contributed by atoms with Crippen LogP contribution in [0.2, 0.25) is 0 Å². The molecule has 0 amide bonds. The highest BCUT2D eigenvalue weighted by molar-refractivity contribution is 5.04. The van der Waals surface area contributed by atoms with Crippen LogP contribution < -0.4 is 0 Å². The van der Waals surface area contributed by atoms with Gasteiger partial charge in [-0.1, -0.05) is 0 Å². The predicted molar refractivity (Wildman–Crippen MR) is 330 cm³/mol. The van der Waals surface area contributed by atoms with E-state index in [1.807, 2.05) is 0 Å². The Labute approximate surface area is 625 Å². The van der Waals surface area contributed by atoms with Crippen molar-refractivity contribution in [1.82, 2.24) is 0 Å². The second-order valence-electron chi connectivity index (χ2n) is 28.0. The summed E-state index contributed by atoms with van der Waals surface area (Å²) in [6, 6.07) is 0. The van der Waals surface area contributed by atoms with Gasteiger partial charge in [0.2, 0.25) is 0 Å². The zero-order valence-electron chi connectivity index (χ0n) is 58.0. The van der Waals surface area contributed by atoms with Crippen molar-refractivity contribution in [1.29, 1.82) is 0 Å². The molecule has 10 rings (SSSR count). The van der Waals surface area contributed by atoms with E-state index < -0.39 is 373 Å². The maximum Gasteiger partial charge on any atom is 0.187 e. The first-order valence-electron chi connectivity index (χ1n) is 35.2. The van der Waals surface area contributed by atoms with Crippen molar-refractivity contribution in [2.45, 2.75) is 307 Å². The van der Waals surface area contributed by atoms with Crippen molar-refractivity contribution in [3.63, 3.8) is 0 Å². The van der Waals surface area contributed by atoms with Crippen LogP contribution in [0.1, 0.15) is 0 Å². The minimum atomic E-state index is -2.46. The third-order valence-electron chi connectivity index (χ3n) is 20.9. The van der Waals surface area contributed by atoms with Crippen molar-refractivity contribution >= 4 is 0 Å². The molecule has 51 nitrogen and oxygen atoms in total. The fourth-order valence-electron chi connectivity index (χ4n) is 14.4. The molecule has 0 bridgehead atoms. The number of ether oxygens (including phenoxy) is 19. The molecular weight excluding hydrogens is 1540 g/mol. The number of hydrogen-bond acceptors (Lipinski definition) is 51. The Hall–Kier alpha value is -2.04. The van der Waals surface area contributed by atoms with Crippen LogP contribution in [0.25, 0.3) is 0 Å². The third-order valence-corrected chi connectivity index (χ3v) is 20.9. The van der Waals surface area contributed by atoms with Gasteiger partial charge in [0.1, 0.15) is 244 Å². The first kappa shape index (κ1) is 91.3. The molecule has 10 aliphatic heterocycles. The van der Waals surface area contributed by atoms with Gasteiger partial charge in [-0.15, -0.1) is 0 Å². The molecule has 1 unspecified atom stereocenters. The monoisotopic (exact) mass is 1640 g/mol. The summed E-state index contributed by atoms with van der Waals surface area (Å²) < 4.78 is 107. The number of aliphatic hydroxyl groups excluding tert-OH is 32. The van der Waals surface area contributed by atoms with Crippen LogP contribution in [0, 0.1) is 0 Å². The topological polar surface area (TPSA) is 823 Å². The van der Waals surface area contributed by atoms with Crippen molar-refractivity contribution in [3.05, 3.63) is 0 Å². The third kappa shape index (κ3) is 18.8. The second kappa shape index (κ2) is 39.4. The minimum Gasteiger partial charge on any atom is -0.394 e. The highest BCUT2D eigenvalue weighted by Crippen LogP contribution is 2.41. The lowest BCUT2D eigenvalue weighted by Crippen LogP contribution is -2.69. The molecule has 0 saturated carbocycles. The lowest BCUT2D eigenvalue weighted by Gasteiger charge is -2.50. The van der Waals surface area contributed by atoms with Gasteiger partial charge in [-0.05, 0) is 0 Å². The Morgan fingerprint density at radius 3 is 0.414 bits per heavy atom. The van der Waals surface area contributed by atoms with Gasteiger partial charge in [0.15, 0.2) is 62.9 Å². The molecule has 0 aromatic carbocycles. The van der Waals surface area contributed by atoms with Crippen LogP contribution in [0.4, 0.5) is 0 Å². The fourth-order valence-corrected chi connectivity index (χ4v) is 14.4. The summed E-state index contributed by atoms with van der Waals surface area (Å²) >= 11 is 0. The SMILES string of the molecule is OC[C@H]1O[C@H](O[C@@H]2[C@@H](O)[C@@H](O[C@@H]3[C@@H](O)[C@@H](O[C@@H]4[C@@H](O)[C@@H](O[C@@H]5[C@@H](O)[C@@H](O[C@@H]6[C@@H](O)[C@@H](O[C@@H]7[C@@H](O)[C@@H](O[C@@H]8[C@@H](O)[C@@H](O[C@@H]9[C@@H](O)[C@@H](O[C@H]%10[C@H](O)[C@@H](CO)OC(O)[C@@H]%10O)O[C@H](CO)[C@H]9O)O[C@H](CO)[C@H]8O)O[C@H](CO)[C@H]7O)O[C@H](CO)[C@H]6O)O[C@H](CO)[C@H]5O)O[C@H](CO)[C@H]4O)O[C@H](CO)[C@H]3O)O[C@H](CO)[C@H]2O)[C@H](O)[C@@H](O)[C@@H]1O. The highest BCUT2D eigenvalue weighted by atomic mass is 16.8. The zero-order valence-corrected chi connectivity index (χ0v) is 58.0. The maximum atomic E-state index is 11.9. The van der Waals surface area contributed by atoms with Crippen molar-refractivity contribution < 1.29 is 253 Å². The number of rotatable bonds is 28. The molecule has 0 aromatic heterocycles. The van der Waals surface area contributed by atoms with E-state index in [2.05, 4.69) is 0 Å². The lowest BCUT2D eigenvalue weighted by molar-refractivity contribution is -0.403. The molecular formula is C60H102O51. The summed E-state index contributed by atoms with van der Waals surface area (Å²) in [6.07, 6.45) is -106. The van der Waals surface area contributed by atoms with E-state index in [1.54, 1.807) is 0 Å². The van der Waals surface area contributed by atoms with Gasteiger partial charge >= 0.3 is 0 Å². The van der Waals surface area contributed by atoms with E-state index in [0.29, 0.717) is 0 Å². The second-order valence-corrected chi connectivity index (χ2v) is 28.0. The molecule has 0 spiro atoms. The van der Waals surface area contributed by atoms with Crippen LogP contribution in [0.15, 0.2) is 0 Å². The standard InChI is InChI=1S/C60H102O51/c61-1-11-21(71)31(81)32(82)52(94-11)104-43-23(73)13(3-63)96-54(34(43)84)106-45-25(75)15(5-65)98-56(36(45)86)108-47-27(77)17(7-67)100-58(38(47)88)110-49-29(79)19(9-69)102-60(40(49)90)111-50-30(80)20(10-70)101-59(41(50)91)109-48-28(78)18(8-68)99-57(39(48)89)107-46-26(76)16(6-66)97-55(37(46)87)105-44-24(74)14(4-64)95-53(35(44)85)103-42-22(72)12(2-62)93-51(92)33(42)83/h11-92H,1-10H2/t11-,12-,13-,14-,15-,16-,17-,18-,19-,20-,21-,22-,23-,24-,25-,26-,27-,28-,29-,30-,31+,32-,33-,34-,35-,36-,37-,38-,39-,40-,41-,42+,43+,44+,45+,46+,47+,48+,49+,50+,51?,52-,53-,54-,55-,56-,57-,58-,59-,60-/m1/s1. The summed E-state index contributed by atoms with van der Waals surface area (Å²) in [4.78, 5) is 0. The highest BCUT2D eigenvalue weighted by Gasteiger charge is 2.62. The van der Waals surface area contributed by atoms with Gasteiger partial charge in [-0.25, -0.2) is 0 Å². The normalized spacial score (nSPS) is 53.7. The molecule has 10 fully saturated rings. The molecule has 0 radical (unpaired) electrons. The van der Waals surface area contributed by atoms with Gasteiger partial charge in [-0.3, -0.25) is 0 Å². The van der Waals surface area contributed by atoms with E-state index in [1.165, 1.54) is 0 Å². The Kier molecular flexibility index (Phi) is 32.4. The number of hydrogen-bond donors (Lipinski definition) is 32. The molecule has 50 atom stereocenters. The molecule has 10 aliphatic rings. The summed E-state index contributed by atoms with van der Waals surface area (Å²) in [7, 11) is 0. The Morgan fingerprint density at radius 2 is 0.261 bits per heavy atom. The predicted octanol–water partition coefficient (Wildman–Crippen LogP) is -22.8. The number of aliphatic hydroxyl groups is 32. The quantitative estimate of drug-likeness (QED) is 0.0346. The molecule has 0 aromatic rings. The van der Waals surface area contributed by atoms with E-state index in [0.717, 1.165) is 0 Å². The summed E-state index contributed by atoms with van der Waals surface area (Å²) in [5.74, 6) is 0. The smallest absolute Gasteiger partial charge is 0.187 e. The molecule has 0 aliphatic carbocycles. The summed E-state index contributed by atoms with van der Waals surface area (Å²) in [6.45, 7) is -10.9. The van der Waals surface area contributed by atoms with Crippen LogP contribution in [0.5, 0.6) is 0 Å². The van der Waals surface area contributed by atoms with Gasteiger partial charge in [0.25, 0.3) is 0 Å². The van der Waals surface area contributed by atoms with Gasteiger partial charge < -0.3 is 253 Å². The van der Waals surface area contributed by atoms with Crippen LogP contribution >= 0.6 is 0 Å². The Bertz CT molecular complexity index is 2790. The van der Waals surface area contributed by atoms with E-state index in [-0.39, 0.29) is 0 Å². The van der Waals surface area contributed by atoms with Gasteiger partial charge in [0, 0.05) is 0 Å². The lowest BCUT2D eigenvalue weighted by atomic mass is 9.94. The molecule has 10 heterocycles. The van der Waals surface area contributed by atoms with E-state index in [9.17, 15) is 163 Å². The van der Waals surface area contributed by atoms with E-state index >= 15 is 0 Å². The van der Waals surface area contributed by atoms with Crippen molar-refractivity contribution in [2.75, 3.05) is 66.1 Å². The summed E-state index contributed by atoms with van der Waals surface area (Å²) in [5, 5.41) is 350. The molecule has 32 N–H and O–H groups in total. The average Bonchev–Trinajstić information content (AvgIpc) is 0.769. The van der Waals surface area contributed by atoms with Crippen molar-refractivity contribution in [3.8, 4) is 0 Å². The Morgan fingerprint density at radius 1 is 0.135 bits per heavy atom. The van der Waals surface area contributed by atoms with Crippen LogP contribution in [-0.4, -0.2) is 537 Å². The van der Waals surface area contributed by atoms with Gasteiger partial charge in [-0.2, -0.15) is 0 Å². The molecule has 648 valence electrons. The maximum absolute atomic E-state index is 11.9. The summed E-state index contributed by atoms with van der Waals surface area (Å²) in [5.41, 5.74) is 0. The molecule has 111 heavy (non-hydrogen) atoms.